The minimum atomic E-state index is -0.368. The molecule has 5 heteroatoms. The maximum absolute atomic E-state index is 11.2. The number of hydrogen-bond acceptors (Lipinski definition) is 5. The lowest BCUT2D eigenvalue weighted by molar-refractivity contribution is -0.143. The molecule has 0 atom stereocenters. The zero-order valence-electron chi connectivity index (χ0n) is 10.8. The first-order chi connectivity index (χ1) is 7.99. The van der Waals surface area contributed by atoms with Crippen molar-refractivity contribution in [2.75, 3.05) is 13.7 Å². The van der Waals surface area contributed by atoms with Crippen LogP contribution >= 0.6 is 11.3 Å². The molecule has 0 saturated carbocycles. The number of carbonyl (C=O) groups excluding carboxylic acids is 1. The maximum Gasteiger partial charge on any atom is 0.306 e. The van der Waals surface area contributed by atoms with Crippen LogP contribution in [0.3, 0.4) is 0 Å². The Bertz CT molecular complexity index is 374. The second-order valence-electron chi connectivity index (χ2n) is 4.16. The molecular formula is C12H19NO3S. The molecule has 0 aliphatic rings. The van der Waals surface area contributed by atoms with Crippen LogP contribution in [-0.2, 0) is 26.3 Å². The predicted octanol–water partition coefficient (Wildman–Crippen LogP) is 2.52. The van der Waals surface area contributed by atoms with Crippen molar-refractivity contribution in [1.82, 2.24) is 4.98 Å². The number of hydrogen-bond donors (Lipinski definition) is 0. The standard InChI is InChI=1S/C12H19NO3S/c1-5-16-10(14)7-6-9-8-17-11(13-9)12(2,3)15-4/h8H,5-7H2,1-4H3. The molecule has 17 heavy (non-hydrogen) atoms. The fourth-order valence-electron chi connectivity index (χ4n) is 1.25. The Kier molecular flexibility index (Phi) is 5.08. The van der Waals surface area contributed by atoms with E-state index < -0.39 is 0 Å². The summed E-state index contributed by atoms with van der Waals surface area (Å²) in [5.41, 5.74) is 0.551. The van der Waals surface area contributed by atoms with E-state index in [-0.39, 0.29) is 11.6 Å². The summed E-state index contributed by atoms with van der Waals surface area (Å²) in [7, 11) is 1.67. The molecule has 1 aromatic rings. The van der Waals surface area contributed by atoms with E-state index in [1.165, 1.54) is 0 Å². The van der Waals surface area contributed by atoms with E-state index in [1.807, 2.05) is 19.2 Å². The molecule has 1 rings (SSSR count). The lowest BCUT2D eigenvalue weighted by Crippen LogP contribution is -2.19. The van der Waals surface area contributed by atoms with E-state index >= 15 is 0 Å². The fraction of sp³-hybridized carbons (Fsp3) is 0.667. The Morgan fingerprint density at radius 1 is 1.53 bits per heavy atom. The number of rotatable bonds is 6. The number of methoxy groups -OCH3 is 1. The Morgan fingerprint density at radius 3 is 2.82 bits per heavy atom. The molecule has 0 unspecified atom stereocenters. The average Bonchev–Trinajstić information content (AvgIpc) is 2.76. The van der Waals surface area contributed by atoms with Gasteiger partial charge in [0.1, 0.15) is 10.6 Å². The quantitative estimate of drug-likeness (QED) is 0.735. The normalized spacial score (nSPS) is 11.5. The Hall–Kier alpha value is -0.940. The van der Waals surface area contributed by atoms with Crippen LogP contribution in [0.1, 0.15) is 37.9 Å². The van der Waals surface area contributed by atoms with Gasteiger partial charge in [-0.15, -0.1) is 11.3 Å². The highest BCUT2D eigenvalue weighted by molar-refractivity contribution is 7.09. The number of ether oxygens (including phenoxy) is 2. The predicted molar refractivity (Wildman–Crippen MR) is 67.1 cm³/mol. The first-order valence-corrected chi connectivity index (χ1v) is 6.53. The van der Waals surface area contributed by atoms with E-state index in [2.05, 4.69) is 4.98 Å². The van der Waals surface area contributed by atoms with Crippen molar-refractivity contribution in [2.45, 2.75) is 39.2 Å². The summed E-state index contributed by atoms with van der Waals surface area (Å²) >= 11 is 1.56. The van der Waals surface area contributed by atoms with Crippen molar-refractivity contribution >= 4 is 17.3 Å². The van der Waals surface area contributed by atoms with Crippen molar-refractivity contribution in [3.05, 3.63) is 16.1 Å². The van der Waals surface area contributed by atoms with Crippen molar-refractivity contribution in [2.24, 2.45) is 0 Å². The van der Waals surface area contributed by atoms with Gasteiger partial charge in [0.15, 0.2) is 0 Å². The Labute approximate surface area is 106 Å². The molecule has 1 aromatic heterocycles. The van der Waals surface area contributed by atoms with Gasteiger partial charge in [0.2, 0.25) is 0 Å². The van der Waals surface area contributed by atoms with Crippen LogP contribution in [0.5, 0.6) is 0 Å². The van der Waals surface area contributed by atoms with E-state index in [4.69, 9.17) is 9.47 Å². The summed E-state index contributed by atoms with van der Waals surface area (Å²) in [6.07, 6.45) is 1.000. The molecule has 0 aromatic carbocycles. The van der Waals surface area contributed by atoms with Crippen LogP contribution in [0.4, 0.5) is 0 Å². The minimum absolute atomic E-state index is 0.173. The van der Waals surface area contributed by atoms with Gasteiger partial charge < -0.3 is 9.47 Å². The second kappa shape index (κ2) is 6.12. The van der Waals surface area contributed by atoms with Gasteiger partial charge in [-0.25, -0.2) is 4.98 Å². The zero-order chi connectivity index (χ0) is 12.9. The smallest absolute Gasteiger partial charge is 0.306 e. The van der Waals surface area contributed by atoms with Crippen LogP contribution in [0, 0.1) is 0 Å². The fourth-order valence-corrected chi connectivity index (χ4v) is 2.20. The van der Waals surface area contributed by atoms with E-state index in [0.717, 1.165) is 10.7 Å². The second-order valence-corrected chi connectivity index (χ2v) is 5.02. The summed E-state index contributed by atoms with van der Waals surface area (Å²) in [6.45, 7) is 6.18. The highest BCUT2D eigenvalue weighted by Gasteiger charge is 2.23. The van der Waals surface area contributed by atoms with Crippen LogP contribution < -0.4 is 0 Å². The van der Waals surface area contributed by atoms with Crippen LogP contribution in [0.15, 0.2) is 5.38 Å². The Morgan fingerprint density at radius 2 is 2.24 bits per heavy atom. The SMILES string of the molecule is CCOC(=O)CCc1csc(C(C)(C)OC)n1. The lowest BCUT2D eigenvalue weighted by atomic mass is 10.1. The highest BCUT2D eigenvalue weighted by Crippen LogP contribution is 2.27. The van der Waals surface area contributed by atoms with Gasteiger partial charge in [-0.1, -0.05) is 0 Å². The lowest BCUT2D eigenvalue weighted by Gasteiger charge is -2.19. The van der Waals surface area contributed by atoms with Gasteiger partial charge in [-0.2, -0.15) is 0 Å². The number of aryl methyl sites for hydroxylation is 1. The summed E-state index contributed by atoms with van der Waals surface area (Å²) in [6, 6.07) is 0. The minimum Gasteiger partial charge on any atom is -0.466 e. The molecule has 1 heterocycles. The van der Waals surface area contributed by atoms with Crippen molar-refractivity contribution in [3.63, 3.8) is 0 Å². The molecular weight excluding hydrogens is 238 g/mol. The average molecular weight is 257 g/mol. The van der Waals surface area contributed by atoms with Gasteiger partial charge >= 0.3 is 5.97 Å². The molecule has 0 spiro atoms. The van der Waals surface area contributed by atoms with Crippen molar-refractivity contribution < 1.29 is 14.3 Å². The molecule has 0 bridgehead atoms. The number of thiazole rings is 1. The molecule has 0 fully saturated rings. The highest BCUT2D eigenvalue weighted by atomic mass is 32.1. The van der Waals surface area contributed by atoms with Crippen molar-refractivity contribution in [1.29, 1.82) is 0 Å². The van der Waals surface area contributed by atoms with E-state index in [9.17, 15) is 4.79 Å². The van der Waals surface area contributed by atoms with Crippen LogP contribution in [0.25, 0.3) is 0 Å². The molecule has 0 N–H and O–H groups in total. The third-order valence-corrected chi connectivity index (χ3v) is 3.66. The number of esters is 1. The topological polar surface area (TPSA) is 48.4 Å². The molecule has 0 saturated heterocycles. The third kappa shape index (κ3) is 4.09. The molecule has 0 aliphatic heterocycles. The van der Waals surface area contributed by atoms with E-state index in [0.29, 0.717) is 19.4 Å². The maximum atomic E-state index is 11.2. The van der Waals surface area contributed by atoms with Gasteiger partial charge in [0.05, 0.1) is 18.7 Å². The number of aromatic nitrogens is 1. The van der Waals surface area contributed by atoms with Gasteiger partial charge in [-0.3, -0.25) is 4.79 Å². The molecule has 96 valence electrons. The first kappa shape index (κ1) is 14.1. The van der Waals surface area contributed by atoms with Gasteiger partial charge in [0.25, 0.3) is 0 Å². The van der Waals surface area contributed by atoms with Crippen molar-refractivity contribution in [3.8, 4) is 0 Å². The van der Waals surface area contributed by atoms with Gasteiger partial charge in [0, 0.05) is 18.9 Å². The Balaban J connectivity index is 2.54. The van der Waals surface area contributed by atoms with Gasteiger partial charge in [-0.05, 0) is 20.8 Å². The van der Waals surface area contributed by atoms with Crippen LogP contribution in [-0.4, -0.2) is 24.7 Å². The number of carbonyl (C=O) groups is 1. The zero-order valence-corrected chi connectivity index (χ0v) is 11.6. The molecule has 0 aliphatic carbocycles. The summed E-state index contributed by atoms with van der Waals surface area (Å²) < 4.78 is 10.2. The summed E-state index contributed by atoms with van der Waals surface area (Å²) in [5, 5.41) is 2.90. The molecule has 0 radical (unpaired) electrons. The molecule has 0 amide bonds. The summed E-state index contributed by atoms with van der Waals surface area (Å²) in [5.74, 6) is -0.173. The molecule has 4 nitrogen and oxygen atoms in total. The summed E-state index contributed by atoms with van der Waals surface area (Å²) in [4.78, 5) is 15.7. The van der Waals surface area contributed by atoms with E-state index in [1.54, 1.807) is 25.4 Å². The number of nitrogens with zero attached hydrogens (tertiary/aromatic N) is 1. The monoisotopic (exact) mass is 257 g/mol. The van der Waals surface area contributed by atoms with Crippen LogP contribution in [0.2, 0.25) is 0 Å². The largest absolute Gasteiger partial charge is 0.466 e. The first-order valence-electron chi connectivity index (χ1n) is 5.65. The third-order valence-electron chi connectivity index (χ3n) is 2.47.